The molecule has 0 bridgehead atoms. The van der Waals surface area contributed by atoms with Gasteiger partial charge in [0.2, 0.25) is 15.9 Å². The van der Waals surface area contributed by atoms with Crippen LogP contribution in [0.2, 0.25) is 0 Å². The molecule has 1 amide bonds. The molecule has 4 rings (SSSR count). The topological polar surface area (TPSA) is 208 Å². The van der Waals surface area contributed by atoms with Crippen LogP contribution in [0, 0.1) is 5.41 Å². The molecule has 1 atom stereocenters. The number of anilines is 1. The lowest BCUT2D eigenvalue weighted by molar-refractivity contribution is -0.193. The molecule has 0 saturated carbocycles. The molecular weight excluding hydrogens is 660 g/mol. The summed E-state index contributed by atoms with van der Waals surface area (Å²) >= 11 is 1.35. The van der Waals surface area contributed by atoms with E-state index in [2.05, 4.69) is 0 Å². The van der Waals surface area contributed by atoms with Crippen LogP contribution in [-0.4, -0.2) is 83.5 Å². The molecule has 1 aromatic heterocycles. The predicted octanol–water partition coefficient (Wildman–Crippen LogP) is 3.46. The van der Waals surface area contributed by atoms with Gasteiger partial charge in [-0.05, 0) is 58.5 Å². The van der Waals surface area contributed by atoms with Crippen LogP contribution >= 0.6 is 11.3 Å². The number of likely N-dealkylation sites (N-methyl/N-ethyl adjacent to an activating group) is 1. The van der Waals surface area contributed by atoms with Gasteiger partial charge in [0.15, 0.2) is 0 Å². The van der Waals surface area contributed by atoms with E-state index in [4.69, 9.17) is 36.7 Å². The van der Waals surface area contributed by atoms with E-state index in [-0.39, 0.29) is 16.6 Å². The molecule has 12 nitrogen and oxygen atoms in total. The van der Waals surface area contributed by atoms with Crippen LogP contribution in [-0.2, 0) is 31.0 Å². The Morgan fingerprint density at radius 2 is 1.56 bits per heavy atom. The fourth-order valence-corrected chi connectivity index (χ4v) is 5.92. The quantitative estimate of drug-likeness (QED) is 0.111. The van der Waals surface area contributed by atoms with Crippen LogP contribution in [0.25, 0.3) is 10.8 Å². The van der Waals surface area contributed by atoms with Gasteiger partial charge in [0.05, 0.1) is 9.77 Å². The van der Waals surface area contributed by atoms with Crippen molar-refractivity contribution in [3.8, 4) is 0 Å². The maximum absolute atomic E-state index is 13.2. The molecule has 0 spiro atoms. The number of benzene rings is 2. The molecule has 2 heterocycles. The summed E-state index contributed by atoms with van der Waals surface area (Å²) in [5.74, 6) is -5.75. The Hall–Kier alpha value is -4.43. The van der Waals surface area contributed by atoms with Crippen LogP contribution in [0.3, 0.4) is 0 Å². The van der Waals surface area contributed by atoms with Crippen LogP contribution in [0.4, 0.5) is 32.0 Å². The van der Waals surface area contributed by atoms with Gasteiger partial charge in [0.1, 0.15) is 11.9 Å². The number of nitrogen functional groups attached to an aromatic ring is 2. The Morgan fingerprint density at radius 3 is 2.04 bits per heavy atom. The number of carbonyl (C=O) groups excluding carboxylic acids is 1. The summed E-state index contributed by atoms with van der Waals surface area (Å²) in [7, 11) is -2.41. The molecule has 246 valence electrons. The smallest absolute Gasteiger partial charge is 0.475 e. The highest BCUT2D eigenvalue weighted by atomic mass is 32.2. The van der Waals surface area contributed by atoms with Gasteiger partial charge in [-0.1, -0.05) is 12.1 Å². The fourth-order valence-electron chi connectivity index (χ4n) is 3.77. The highest BCUT2D eigenvalue weighted by molar-refractivity contribution is 7.89. The van der Waals surface area contributed by atoms with Gasteiger partial charge >= 0.3 is 24.3 Å². The third-order valence-corrected chi connectivity index (χ3v) is 8.87. The second kappa shape index (κ2) is 14.1. The minimum Gasteiger partial charge on any atom is -0.475 e. The fraction of sp³-hybridized carbons (Fsp3) is 0.280. The van der Waals surface area contributed by atoms with Crippen molar-refractivity contribution in [1.82, 2.24) is 9.21 Å². The van der Waals surface area contributed by atoms with Crippen molar-refractivity contribution < 1.29 is 59.4 Å². The number of hydrogen-bond acceptors (Lipinski definition) is 8. The lowest BCUT2D eigenvalue weighted by Gasteiger charge is -2.23. The predicted molar refractivity (Wildman–Crippen MR) is 150 cm³/mol. The second-order valence-corrected chi connectivity index (χ2v) is 12.1. The molecule has 1 aliphatic heterocycles. The highest BCUT2D eigenvalue weighted by Crippen LogP contribution is 2.28. The molecule has 1 saturated heterocycles. The number of rotatable bonds is 6. The van der Waals surface area contributed by atoms with Crippen LogP contribution in [0.1, 0.15) is 16.9 Å². The molecule has 1 fully saturated rings. The lowest BCUT2D eigenvalue weighted by Crippen LogP contribution is -2.42. The number of halogens is 6. The zero-order chi connectivity index (χ0) is 34.5. The third kappa shape index (κ3) is 9.78. The van der Waals surface area contributed by atoms with Crippen molar-refractivity contribution >= 4 is 61.5 Å². The van der Waals surface area contributed by atoms with E-state index in [9.17, 15) is 39.6 Å². The monoisotopic (exact) mass is 685 g/mol. The molecule has 0 aliphatic carbocycles. The Morgan fingerprint density at radius 1 is 1.02 bits per heavy atom. The number of nitrogens with one attached hydrogen (secondary N) is 1. The van der Waals surface area contributed by atoms with Crippen LogP contribution < -0.4 is 11.5 Å². The van der Waals surface area contributed by atoms with Crippen molar-refractivity contribution in [3.05, 3.63) is 58.3 Å². The summed E-state index contributed by atoms with van der Waals surface area (Å²) in [6, 6.07) is 11.2. The normalized spacial score (nSPS) is 15.2. The molecule has 45 heavy (non-hydrogen) atoms. The number of likely N-dealkylation sites (tertiary alicyclic amines) is 1. The van der Waals surface area contributed by atoms with E-state index in [0.29, 0.717) is 30.1 Å². The highest BCUT2D eigenvalue weighted by Gasteiger charge is 2.40. The van der Waals surface area contributed by atoms with E-state index in [1.54, 1.807) is 41.3 Å². The average molecular weight is 686 g/mol. The zero-order valence-corrected chi connectivity index (χ0v) is 24.5. The average Bonchev–Trinajstić information content (AvgIpc) is 3.54. The first-order valence-corrected chi connectivity index (χ1v) is 14.5. The molecule has 0 radical (unpaired) electrons. The van der Waals surface area contributed by atoms with Crippen molar-refractivity contribution in [2.24, 2.45) is 5.73 Å². The van der Waals surface area contributed by atoms with Gasteiger partial charge < -0.3 is 26.6 Å². The Labute approximate surface area is 255 Å². The number of thiophene rings is 1. The molecular formula is C25H25F6N5O7S2. The number of aliphatic carboxylic acids is 2. The maximum Gasteiger partial charge on any atom is 0.490 e. The number of carbonyl (C=O) groups is 3. The van der Waals surface area contributed by atoms with Crippen LogP contribution in [0.15, 0.2) is 52.7 Å². The number of alkyl halides is 6. The molecule has 1 aliphatic rings. The van der Waals surface area contributed by atoms with E-state index in [0.717, 1.165) is 20.6 Å². The third-order valence-electron chi connectivity index (χ3n) is 6.00. The van der Waals surface area contributed by atoms with Gasteiger partial charge in [-0.3, -0.25) is 10.2 Å². The van der Waals surface area contributed by atoms with Crippen molar-refractivity contribution in [1.29, 1.82) is 5.41 Å². The molecule has 7 N–H and O–H groups in total. The number of nitrogens with two attached hydrogens (primary N) is 2. The number of sulfonamides is 1. The summed E-state index contributed by atoms with van der Waals surface area (Å²) in [4.78, 5) is 33.2. The summed E-state index contributed by atoms with van der Waals surface area (Å²) in [6.07, 6.45) is -9.75. The number of carboxylic acids is 2. The van der Waals surface area contributed by atoms with E-state index in [1.807, 2.05) is 11.4 Å². The summed E-state index contributed by atoms with van der Waals surface area (Å²) in [6.45, 7) is 0.825. The van der Waals surface area contributed by atoms with Gasteiger partial charge in [-0.25, -0.2) is 18.0 Å². The van der Waals surface area contributed by atoms with Crippen LogP contribution in [0.5, 0.6) is 0 Å². The standard InChI is InChI=1S/C21H23N5O3S2.2C2HF3O2/c1-25(31(28,29)17-5-3-14-2-4-16(22)9-15(14)10-17)18-6-7-26(21(18)27)11-13-8-19(20(23)24)30-12-13;2*3-2(4,5)1(6)7/h2-5,8-10,12,18H,6-7,11,22H2,1H3,(H3,23,24);2*(H,6,7)/t18-;;/m0../s1. The van der Waals surface area contributed by atoms with Gasteiger partial charge in [0.25, 0.3) is 0 Å². The number of nitrogens with zero attached hydrogens (tertiary/aromatic N) is 2. The van der Waals surface area contributed by atoms with E-state index < -0.39 is 40.4 Å². The second-order valence-electron chi connectivity index (χ2n) is 9.19. The first-order valence-electron chi connectivity index (χ1n) is 12.1. The summed E-state index contributed by atoms with van der Waals surface area (Å²) in [5, 5.41) is 25.2. The number of carboxylic acid groups (broad SMARTS) is 2. The minimum atomic E-state index is -5.08. The van der Waals surface area contributed by atoms with E-state index in [1.165, 1.54) is 18.4 Å². The number of fused-ring (bicyclic) bond motifs is 1. The Kier molecular flexibility index (Phi) is 11.5. The zero-order valence-electron chi connectivity index (χ0n) is 22.9. The molecule has 2 aromatic carbocycles. The van der Waals surface area contributed by atoms with Gasteiger partial charge in [-0.15, -0.1) is 11.3 Å². The van der Waals surface area contributed by atoms with Crippen molar-refractivity contribution in [2.75, 3.05) is 19.3 Å². The van der Waals surface area contributed by atoms with Gasteiger partial charge in [-0.2, -0.15) is 30.6 Å². The number of amides is 1. The number of amidine groups is 1. The van der Waals surface area contributed by atoms with Crippen molar-refractivity contribution in [3.63, 3.8) is 0 Å². The maximum atomic E-state index is 13.2. The molecule has 20 heteroatoms. The first kappa shape index (κ1) is 36.8. The van der Waals surface area contributed by atoms with Crippen molar-refractivity contribution in [2.45, 2.75) is 36.3 Å². The summed E-state index contributed by atoms with van der Waals surface area (Å²) in [5.41, 5.74) is 12.8. The Bertz CT molecular complexity index is 1670. The molecule has 0 unspecified atom stereocenters. The number of hydrogen-bond donors (Lipinski definition) is 5. The molecule has 3 aromatic rings. The minimum absolute atomic E-state index is 0.00940. The van der Waals surface area contributed by atoms with Gasteiger partial charge in [0, 0.05) is 25.8 Å². The summed E-state index contributed by atoms with van der Waals surface area (Å²) < 4.78 is 91.1. The first-order chi connectivity index (χ1) is 20.5. The Balaban J connectivity index is 0.000000421. The lowest BCUT2D eigenvalue weighted by atomic mass is 10.1. The SMILES string of the molecule is CN([C@H]1CCN(Cc2csc(C(=N)N)c2)C1=O)S(=O)(=O)c1ccc2ccc(N)cc2c1.O=C(O)C(F)(F)F.O=C(O)C(F)(F)F. The van der Waals surface area contributed by atoms with E-state index >= 15 is 0 Å². The largest absolute Gasteiger partial charge is 0.490 e.